The second-order valence-electron chi connectivity index (χ2n) is 8.08. The predicted molar refractivity (Wildman–Crippen MR) is 113 cm³/mol. The number of methoxy groups -OCH3 is 1. The van der Waals surface area contributed by atoms with Gasteiger partial charge in [-0.2, -0.15) is 0 Å². The molecular formula is C22H28BrFN2O. The number of nitrogens with two attached hydrogens (primary N) is 1. The number of nitrogen functional groups attached to an aromatic ring is 1. The molecule has 0 amide bonds. The SMILES string of the molecule is COc1cc(Br)ccc1[C@@H]1c2ccc(N)c(C)c2C[C@@H](C)N1CC(C)(C)F. The molecule has 1 aliphatic heterocycles. The van der Waals surface area contributed by atoms with Crippen LogP contribution in [0.2, 0.25) is 0 Å². The lowest BCUT2D eigenvalue weighted by atomic mass is 9.81. The van der Waals surface area contributed by atoms with Gasteiger partial charge in [0.05, 0.1) is 13.2 Å². The molecule has 2 atom stereocenters. The van der Waals surface area contributed by atoms with Gasteiger partial charge in [-0.15, -0.1) is 0 Å². The van der Waals surface area contributed by atoms with Crippen LogP contribution in [0.1, 0.15) is 49.1 Å². The van der Waals surface area contributed by atoms with E-state index < -0.39 is 5.67 Å². The molecule has 5 heteroatoms. The third-order valence-electron chi connectivity index (χ3n) is 5.42. The lowest BCUT2D eigenvalue weighted by molar-refractivity contribution is 0.0668. The first-order valence-corrected chi connectivity index (χ1v) is 10.1. The number of anilines is 1. The average molecular weight is 435 g/mol. The van der Waals surface area contributed by atoms with Crippen LogP contribution in [0.15, 0.2) is 34.8 Å². The highest BCUT2D eigenvalue weighted by Crippen LogP contribution is 2.44. The summed E-state index contributed by atoms with van der Waals surface area (Å²) >= 11 is 3.52. The Hall–Kier alpha value is -1.59. The van der Waals surface area contributed by atoms with E-state index in [1.165, 1.54) is 11.1 Å². The highest BCUT2D eigenvalue weighted by Gasteiger charge is 2.38. The Labute approximate surface area is 169 Å². The Morgan fingerprint density at radius 3 is 2.56 bits per heavy atom. The van der Waals surface area contributed by atoms with Gasteiger partial charge >= 0.3 is 0 Å². The molecule has 0 bridgehead atoms. The summed E-state index contributed by atoms with van der Waals surface area (Å²) in [4.78, 5) is 2.25. The fraction of sp³-hybridized carbons (Fsp3) is 0.455. The van der Waals surface area contributed by atoms with Crippen LogP contribution in [0.3, 0.4) is 0 Å². The lowest BCUT2D eigenvalue weighted by Crippen LogP contribution is -2.48. The summed E-state index contributed by atoms with van der Waals surface area (Å²) in [6.45, 7) is 7.86. The van der Waals surface area contributed by atoms with Crippen molar-refractivity contribution in [3.8, 4) is 5.75 Å². The van der Waals surface area contributed by atoms with Crippen molar-refractivity contribution in [3.05, 3.63) is 57.1 Å². The first-order chi connectivity index (χ1) is 12.6. The van der Waals surface area contributed by atoms with Gasteiger partial charge in [0.15, 0.2) is 0 Å². The van der Waals surface area contributed by atoms with Crippen molar-refractivity contribution < 1.29 is 9.13 Å². The molecular weight excluding hydrogens is 407 g/mol. The Balaban J connectivity index is 2.23. The van der Waals surface area contributed by atoms with E-state index in [1.54, 1.807) is 21.0 Å². The van der Waals surface area contributed by atoms with Gasteiger partial charge in [0, 0.05) is 28.3 Å². The molecule has 3 nitrogen and oxygen atoms in total. The molecule has 2 N–H and O–H groups in total. The number of nitrogens with zero attached hydrogens (tertiary/aromatic N) is 1. The summed E-state index contributed by atoms with van der Waals surface area (Å²) in [6, 6.07) is 10.2. The van der Waals surface area contributed by atoms with Crippen LogP contribution in [0, 0.1) is 6.92 Å². The van der Waals surface area contributed by atoms with E-state index in [9.17, 15) is 4.39 Å². The quantitative estimate of drug-likeness (QED) is 0.651. The minimum Gasteiger partial charge on any atom is -0.496 e. The van der Waals surface area contributed by atoms with Crippen molar-refractivity contribution in [3.63, 3.8) is 0 Å². The van der Waals surface area contributed by atoms with E-state index >= 15 is 0 Å². The molecule has 1 aliphatic rings. The average Bonchev–Trinajstić information content (AvgIpc) is 2.59. The minimum absolute atomic E-state index is 0.0823. The summed E-state index contributed by atoms with van der Waals surface area (Å²) in [5.41, 5.74) is 10.3. The van der Waals surface area contributed by atoms with Crippen LogP contribution in [0.4, 0.5) is 10.1 Å². The number of ether oxygens (including phenoxy) is 1. The molecule has 0 spiro atoms. The smallest absolute Gasteiger partial charge is 0.125 e. The number of hydrogen-bond acceptors (Lipinski definition) is 3. The van der Waals surface area contributed by atoms with Crippen LogP contribution in [0.25, 0.3) is 0 Å². The number of halogens is 2. The summed E-state index contributed by atoms with van der Waals surface area (Å²) in [5.74, 6) is 0.797. The molecule has 0 unspecified atom stereocenters. The highest BCUT2D eigenvalue weighted by molar-refractivity contribution is 9.10. The van der Waals surface area contributed by atoms with Gasteiger partial charge in [-0.25, -0.2) is 4.39 Å². The van der Waals surface area contributed by atoms with Gasteiger partial charge in [0.2, 0.25) is 0 Å². The van der Waals surface area contributed by atoms with Crippen molar-refractivity contribution >= 4 is 21.6 Å². The molecule has 0 saturated carbocycles. The lowest BCUT2D eigenvalue weighted by Gasteiger charge is -2.45. The summed E-state index contributed by atoms with van der Waals surface area (Å²) in [5, 5.41) is 0. The standard InChI is InChI=1S/C22H28BrFN2O/c1-13-10-18-14(2)19(25)9-8-16(18)21(26(13)12-22(3,4)24)17-7-6-15(23)11-20(17)27-5/h6-9,11,13,21H,10,12,25H2,1-5H3/t13-,21+/m1/s1. The molecule has 2 aromatic carbocycles. The molecule has 146 valence electrons. The molecule has 0 radical (unpaired) electrons. The van der Waals surface area contributed by atoms with Crippen LogP contribution in [-0.2, 0) is 6.42 Å². The topological polar surface area (TPSA) is 38.5 Å². The Bertz CT molecular complexity index is 847. The second kappa shape index (κ2) is 7.44. The number of benzene rings is 2. The second-order valence-corrected chi connectivity index (χ2v) is 9.00. The van der Waals surface area contributed by atoms with E-state index in [4.69, 9.17) is 10.5 Å². The van der Waals surface area contributed by atoms with Crippen molar-refractivity contribution in [2.45, 2.75) is 51.9 Å². The van der Waals surface area contributed by atoms with Gasteiger partial charge in [0.1, 0.15) is 11.4 Å². The van der Waals surface area contributed by atoms with E-state index in [1.807, 2.05) is 18.2 Å². The maximum atomic E-state index is 14.7. The zero-order valence-corrected chi connectivity index (χ0v) is 18.2. The van der Waals surface area contributed by atoms with Gasteiger partial charge in [-0.3, -0.25) is 4.90 Å². The molecule has 3 rings (SSSR count). The number of alkyl halides is 1. The molecule has 0 aliphatic carbocycles. The molecule has 0 saturated heterocycles. The molecule has 1 heterocycles. The summed E-state index contributed by atoms with van der Waals surface area (Å²) < 4.78 is 21.3. The van der Waals surface area contributed by atoms with E-state index in [0.717, 1.165) is 33.5 Å². The minimum atomic E-state index is -1.30. The van der Waals surface area contributed by atoms with Crippen molar-refractivity contribution in [2.24, 2.45) is 0 Å². The van der Waals surface area contributed by atoms with Crippen molar-refractivity contribution in [2.75, 3.05) is 19.4 Å². The number of hydrogen-bond donors (Lipinski definition) is 1. The van der Waals surface area contributed by atoms with Crippen LogP contribution < -0.4 is 10.5 Å². The van der Waals surface area contributed by atoms with E-state index in [0.29, 0.717) is 6.54 Å². The van der Waals surface area contributed by atoms with Crippen LogP contribution in [-0.4, -0.2) is 30.3 Å². The van der Waals surface area contributed by atoms with Crippen LogP contribution in [0.5, 0.6) is 5.75 Å². The Kier molecular flexibility index (Phi) is 5.55. The van der Waals surface area contributed by atoms with Gasteiger partial charge in [-0.05, 0) is 69.0 Å². The maximum absolute atomic E-state index is 14.7. The van der Waals surface area contributed by atoms with Crippen molar-refractivity contribution in [1.82, 2.24) is 4.90 Å². The van der Waals surface area contributed by atoms with E-state index in [2.05, 4.69) is 46.8 Å². The zero-order chi connectivity index (χ0) is 19.9. The summed E-state index contributed by atoms with van der Waals surface area (Å²) in [7, 11) is 1.68. The molecule has 0 aromatic heterocycles. The monoisotopic (exact) mass is 434 g/mol. The largest absolute Gasteiger partial charge is 0.496 e. The fourth-order valence-electron chi connectivity index (χ4n) is 4.11. The van der Waals surface area contributed by atoms with Gasteiger partial charge in [0.25, 0.3) is 0 Å². The fourth-order valence-corrected chi connectivity index (χ4v) is 4.45. The first kappa shape index (κ1) is 20.2. The van der Waals surface area contributed by atoms with Crippen LogP contribution >= 0.6 is 15.9 Å². The third-order valence-corrected chi connectivity index (χ3v) is 5.91. The predicted octanol–water partition coefficient (Wildman–Crippen LogP) is 5.43. The Morgan fingerprint density at radius 1 is 1.26 bits per heavy atom. The Morgan fingerprint density at radius 2 is 1.93 bits per heavy atom. The number of rotatable bonds is 4. The van der Waals surface area contributed by atoms with Gasteiger partial charge < -0.3 is 10.5 Å². The molecule has 2 aromatic rings. The third kappa shape index (κ3) is 3.99. The zero-order valence-electron chi connectivity index (χ0n) is 16.6. The van der Waals surface area contributed by atoms with Gasteiger partial charge in [-0.1, -0.05) is 28.1 Å². The van der Waals surface area contributed by atoms with E-state index in [-0.39, 0.29) is 12.1 Å². The van der Waals surface area contributed by atoms with Crippen molar-refractivity contribution in [1.29, 1.82) is 0 Å². The normalized spacial score (nSPS) is 20.4. The maximum Gasteiger partial charge on any atom is 0.125 e. The number of fused-ring (bicyclic) bond motifs is 1. The highest BCUT2D eigenvalue weighted by atomic mass is 79.9. The molecule has 27 heavy (non-hydrogen) atoms. The summed E-state index contributed by atoms with van der Waals surface area (Å²) in [6.07, 6.45) is 0.859. The molecule has 0 fully saturated rings. The first-order valence-electron chi connectivity index (χ1n) is 9.28.